The molecule has 2 rings (SSSR count). The van der Waals surface area contributed by atoms with E-state index in [4.69, 9.17) is 11.5 Å². The molecule has 5 nitrogen and oxygen atoms in total. The van der Waals surface area contributed by atoms with Crippen molar-refractivity contribution >= 4 is 27.5 Å². The highest BCUT2D eigenvalue weighted by Gasteiger charge is 2.16. The van der Waals surface area contributed by atoms with Gasteiger partial charge in [-0.3, -0.25) is 9.48 Å². The molecule has 1 amide bonds. The van der Waals surface area contributed by atoms with Gasteiger partial charge in [-0.2, -0.15) is 5.10 Å². The molecule has 19 heavy (non-hydrogen) atoms. The molecular weight excluding hydrogens is 322 g/mol. The molecular formula is C11H9BrF2N4O. The molecule has 0 fully saturated rings. The zero-order valence-electron chi connectivity index (χ0n) is 9.53. The van der Waals surface area contributed by atoms with E-state index in [1.165, 1.54) is 12.3 Å². The summed E-state index contributed by atoms with van der Waals surface area (Å²) < 4.78 is 28.6. The summed E-state index contributed by atoms with van der Waals surface area (Å²) >= 11 is 2.97. The number of aromatic nitrogens is 2. The second kappa shape index (κ2) is 4.96. The number of rotatable bonds is 3. The first-order chi connectivity index (χ1) is 8.90. The van der Waals surface area contributed by atoms with Crippen molar-refractivity contribution in [2.45, 2.75) is 6.54 Å². The Morgan fingerprint density at radius 3 is 2.68 bits per heavy atom. The molecule has 100 valence electrons. The molecule has 0 aliphatic rings. The van der Waals surface area contributed by atoms with Crippen LogP contribution in [0.1, 0.15) is 16.1 Å². The van der Waals surface area contributed by atoms with Gasteiger partial charge in [0.05, 0.1) is 16.7 Å². The van der Waals surface area contributed by atoms with Crippen LogP contribution in [0.25, 0.3) is 0 Å². The van der Waals surface area contributed by atoms with Gasteiger partial charge in [0.15, 0.2) is 5.69 Å². The fourth-order valence-electron chi connectivity index (χ4n) is 1.59. The molecule has 0 radical (unpaired) electrons. The highest BCUT2D eigenvalue weighted by molar-refractivity contribution is 9.10. The second-order valence-corrected chi connectivity index (χ2v) is 4.67. The first-order valence-electron chi connectivity index (χ1n) is 5.15. The number of halogens is 3. The Bertz CT molecular complexity index is 656. The van der Waals surface area contributed by atoms with E-state index in [0.29, 0.717) is 0 Å². The molecule has 0 spiro atoms. The molecule has 0 atom stereocenters. The molecule has 0 unspecified atom stereocenters. The van der Waals surface area contributed by atoms with Crippen LogP contribution in [0, 0.1) is 11.6 Å². The Morgan fingerprint density at radius 2 is 2.11 bits per heavy atom. The zero-order chi connectivity index (χ0) is 14.2. The van der Waals surface area contributed by atoms with Crippen LogP contribution < -0.4 is 11.5 Å². The third-order valence-corrected chi connectivity index (χ3v) is 3.09. The quantitative estimate of drug-likeness (QED) is 0.839. The average molecular weight is 331 g/mol. The fourth-order valence-corrected chi connectivity index (χ4v) is 1.96. The molecule has 0 bridgehead atoms. The van der Waals surface area contributed by atoms with Gasteiger partial charge in [0.2, 0.25) is 0 Å². The molecule has 4 N–H and O–H groups in total. The first kappa shape index (κ1) is 13.5. The molecule has 1 heterocycles. The van der Waals surface area contributed by atoms with Crippen LogP contribution >= 0.6 is 15.9 Å². The van der Waals surface area contributed by atoms with E-state index in [2.05, 4.69) is 21.0 Å². The lowest BCUT2D eigenvalue weighted by atomic mass is 10.2. The maximum atomic E-state index is 13.8. The largest absolute Gasteiger partial charge is 0.396 e. The lowest BCUT2D eigenvalue weighted by Gasteiger charge is -2.06. The minimum Gasteiger partial charge on any atom is -0.396 e. The van der Waals surface area contributed by atoms with Crippen LogP contribution in [-0.2, 0) is 6.54 Å². The summed E-state index contributed by atoms with van der Waals surface area (Å²) in [6.07, 6.45) is 1.29. The van der Waals surface area contributed by atoms with E-state index in [9.17, 15) is 13.6 Å². The minimum atomic E-state index is -0.800. The van der Waals surface area contributed by atoms with Gasteiger partial charge >= 0.3 is 0 Å². The van der Waals surface area contributed by atoms with E-state index >= 15 is 0 Å². The number of hydrogen-bond acceptors (Lipinski definition) is 3. The van der Waals surface area contributed by atoms with Crippen molar-refractivity contribution in [3.8, 4) is 0 Å². The number of nitrogens with two attached hydrogens (primary N) is 2. The van der Waals surface area contributed by atoms with E-state index in [1.807, 2.05) is 0 Å². The lowest BCUT2D eigenvalue weighted by molar-refractivity contribution is 0.0995. The SMILES string of the molecule is NC(=O)c1nn(Cc2c(F)ccc(Br)c2F)cc1N. The van der Waals surface area contributed by atoms with Crippen LogP contribution in [0.3, 0.4) is 0 Å². The standard InChI is InChI=1S/C11H9BrF2N4O/c12-6-1-2-7(13)5(9(6)14)3-18-4-8(15)10(17-18)11(16)19/h1-2,4H,3,15H2,(H2,16,19). The van der Waals surface area contributed by atoms with Crippen molar-refractivity contribution in [3.63, 3.8) is 0 Å². The highest BCUT2D eigenvalue weighted by Crippen LogP contribution is 2.22. The van der Waals surface area contributed by atoms with E-state index in [1.54, 1.807) is 0 Å². The van der Waals surface area contributed by atoms with Crippen LogP contribution in [0.15, 0.2) is 22.8 Å². The Morgan fingerprint density at radius 1 is 1.42 bits per heavy atom. The van der Waals surface area contributed by atoms with Gasteiger partial charge in [0.25, 0.3) is 5.91 Å². The monoisotopic (exact) mass is 330 g/mol. The van der Waals surface area contributed by atoms with Crippen LogP contribution in [0.5, 0.6) is 0 Å². The summed E-state index contributed by atoms with van der Waals surface area (Å²) in [6, 6.07) is 2.39. The Labute approximate surface area is 115 Å². The van der Waals surface area contributed by atoms with Crippen molar-refractivity contribution in [1.82, 2.24) is 9.78 Å². The number of hydrogen-bond donors (Lipinski definition) is 2. The van der Waals surface area contributed by atoms with Gasteiger partial charge in [0, 0.05) is 11.8 Å². The molecule has 0 saturated carbocycles. The van der Waals surface area contributed by atoms with Gasteiger partial charge in [-0.15, -0.1) is 0 Å². The third kappa shape index (κ3) is 2.58. The normalized spacial score (nSPS) is 10.7. The number of nitrogens with zero attached hydrogens (tertiary/aromatic N) is 2. The number of amides is 1. The number of benzene rings is 1. The van der Waals surface area contributed by atoms with Gasteiger partial charge in [-0.05, 0) is 28.1 Å². The van der Waals surface area contributed by atoms with Gasteiger partial charge in [-0.25, -0.2) is 8.78 Å². The summed E-state index contributed by atoms with van der Waals surface area (Å²) in [5.41, 5.74) is 10.3. The number of carbonyl (C=O) groups excluding carboxylic acids is 1. The van der Waals surface area contributed by atoms with Crippen LogP contribution in [-0.4, -0.2) is 15.7 Å². The molecule has 0 aliphatic carbocycles. The smallest absolute Gasteiger partial charge is 0.271 e. The van der Waals surface area contributed by atoms with Gasteiger partial charge in [0.1, 0.15) is 11.6 Å². The number of primary amides is 1. The van der Waals surface area contributed by atoms with Crippen LogP contribution in [0.4, 0.5) is 14.5 Å². The predicted octanol–water partition coefficient (Wildman–Crippen LogP) is 1.65. The highest BCUT2D eigenvalue weighted by atomic mass is 79.9. The van der Waals surface area contributed by atoms with Crippen LogP contribution in [0.2, 0.25) is 0 Å². The summed E-state index contributed by atoms with van der Waals surface area (Å²) in [6.45, 7) is -0.200. The maximum Gasteiger partial charge on any atom is 0.271 e. The zero-order valence-corrected chi connectivity index (χ0v) is 11.1. The van der Waals surface area contributed by atoms with Crippen molar-refractivity contribution in [2.24, 2.45) is 5.73 Å². The van der Waals surface area contributed by atoms with E-state index in [-0.39, 0.29) is 28.0 Å². The summed E-state index contributed by atoms with van der Waals surface area (Å²) in [5, 5.41) is 3.78. The third-order valence-electron chi connectivity index (χ3n) is 2.48. The van der Waals surface area contributed by atoms with Gasteiger partial charge < -0.3 is 11.5 Å². The van der Waals surface area contributed by atoms with E-state index < -0.39 is 17.5 Å². The summed E-state index contributed by atoms with van der Waals surface area (Å²) in [4.78, 5) is 11.0. The first-order valence-corrected chi connectivity index (χ1v) is 5.94. The Hall–Kier alpha value is -1.96. The Balaban J connectivity index is 2.39. The van der Waals surface area contributed by atoms with Gasteiger partial charge in [-0.1, -0.05) is 0 Å². The minimum absolute atomic E-state index is 0.0586. The number of carbonyl (C=O) groups is 1. The molecule has 0 aliphatic heterocycles. The van der Waals surface area contributed by atoms with Crippen molar-refractivity contribution in [2.75, 3.05) is 5.73 Å². The van der Waals surface area contributed by atoms with Crippen molar-refractivity contribution in [1.29, 1.82) is 0 Å². The molecule has 8 heteroatoms. The van der Waals surface area contributed by atoms with Crippen molar-refractivity contribution < 1.29 is 13.6 Å². The van der Waals surface area contributed by atoms with E-state index in [0.717, 1.165) is 10.7 Å². The second-order valence-electron chi connectivity index (χ2n) is 3.82. The average Bonchev–Trinajstić information content (AvgIpc) is 2.71. The summed E-state index contributed by atoms with van der Waals surface area (Å²) in [5.74, 6) is -2.24. The molecule has 1 aromatic heterocycles. The lowest BCUT2D eigenvalue weighted by Crippen LogP contribution is -2.14. The fraction of sp³-hybridized carbons (Fsp3) is 0.0909. The Kier molecular flexibility index (Phi) is 3.52. The molecule has 0 saturated heterocycles. The summed E-state index contributed by atoms with van der Waals surface area (Å²) in [7, 11) is 0. The number of nitrogen functional groups attached to an aromatic ring is 1. The molecule has 1 aromatic carbocycles. The van der Waals surface area contributed by atoms with Crippen molar-refractivity contribution in [3.05, 3.63) is 45.7 Å². The topological polar surface area (TPSA) is 86.9 Å². The maximum absolute atomic E-state index is 13.8. The number of anilines is 1. The predicted molar refractivity (Wildman–Crippen MR) is 68.3 cm³/mol. The molecule has 2 aromatic rings.